The first-order valence-corrected chi connectivity index (χ1v) is 7.70. The maximum Gasteiger partial charge on any atom is 0.127 e. The molecule has 1 unspecified atom stereocenters. The average Bonchev–Trinajstić information content (AvgIpc) is 2.62. The minimum atomic E-state index is -0.569. The van der Waals surface area contributed by atoms with Crippen molar-refractivity contribution in [3.8, 4) is 11.5 Å². The quantitative estimate of drug-likeness (QED) is 0.735. The van der Waals surface area contributed by atoms with Gasteiger partial charge in [-0.1, -0.05) is 48.5 Å². The van der Waals surface area contributed by atoms with Crippen molar-refractivity contribution in [1.29, 1.82) is 0 Å². The van der Waals surface area contributed by atoms with Gasteiger partial charge in [-0.15, -0.1) is 0 Å². The third-order valence-electron chi connectivity index (χ3n) is 3.88. The topological polar surface area (TPSA) is 38.7 Å². The average molecular weight is 308 g/mol. The highest BCUT2D eigenvalue weighted by Gasteiger charge is 2.09. The number of aliphatic hydroxyl groups is 1. The molecule has 0 aromatic heterocycles. The second-order valence-corrected chi connectivity index (χ2v) is 5.41. The first kappa shape index (κ1) is 15.4. The lowest BCUT2D eigenvalue weighted by molar-refractivity contribution is 0.141. The Kier molecular flexibility index (Phi) is 4.79. The van der Waals surface area contributed by atoms with Gasteiger partial charge in [0.1, 0.15) is 11.5 Å². The van der Waals surface area contributed by atoms with Gasteiger partial charge in [-0.05, 0) is 29.1 Å². The number of hydrogen-bond donors (Lipinski definition) is 1. The molecule has 0 fully saturated rings. The van der Waals surface area contributed by atoms with Crippen LogP contribution in [0.4, 0.5) is 0 Å². The first-order valence-electron chi connectivity index (χ1n) is 7.70. The summed E-state index contributed by atoms with van der Waals surface area (Å²) in [5, 5.41) is 12.5. The predicted molar refractivity (Wildman–Crippen MR) is 92.0 cm³/mol. The highest BCUT2D eigenvalue weighted by Crippen LogP contribution is 2.26. The van der Waals surface area contributed by atoms with Crippen molar-refractivity contribution in [2.45, 2.75) is 12.5 Å². The van der Waals surface area contributed by atoms with Crippen molar-refractivity contribution in [3.05, 3.63) is 72.3 Å². The lowest BCUT2D eigenvalue weighted by Gasteiger charge is -2.14. The molecular formula is C20H20O3. The van der Waals surface area contributed by atoms with E-state index in [-0.39, 0.29) is 0 Å². The van der Waals surface area contributed by atoms with Crippen molar-refractivity contribution in [1.82, 2.24) is 0 Å². The molecule has 1 atom stereocenters. The Morgan fingerprint density at radius 1 is 0.957 bits per heavy atom. The monoisotopic (exact) mass is 308 g/mol. The fourth-order valence-corrected chi connectivity index (χ4v) is 2.62. The van der Waals surface area contributed by atoms with Gasteiger partial charge in [-0.2, -0.15) is 0 Å². The van der Waals surface area contributed by atoms with Crippen LogP contribution < -0.4 is 9.47 Å². The van der Waals surface area contributed by atoms with Crippen LogP contribution in [0.5, 0.6) is 11.5 Å². The van der Waals surface area contributed by atoms with Crippen LogP contribution in [0, 0.1) is 0 Å². The van der Waals surface area contributed by atoms with Crippen LogP contribution in [-0.4, -0.2) is 18.8 Å². The van der Waals surface area contributed by atoms with Gasteiger partial charge in [0.05, 0.1) is 19.8 Å². The Morgan fingerprint density at radius 2 is 1.74 bits per heavy atom. The molecule has 0 aliphatic carbocycles. The van der Waals surface area contributed by atoms with Gasteiger partial charge < -0.3 is 14.6 Å². The Hall–Kier alpha value is -2.52. The third kappa shape index (κ3) is 3.63. The zero-order valence-corrected chi connectivity index (χ0v) is 13.1. The molecular weight excluding hydrogens is 288 g/mol. The highest BCUT2D eigenvalue weighted by atomic mass is 16.5. The molecule has 0 aliphatic rings. The summed E-state index contributed by atoms with van der Waals surface area (Å²) in [4.78, 5) is 0. The summed E-state index contributed by atoms with van der Waals surface area (Å²) in [5.74, 6) is 1.59. The first-order chi connectivity index (χ1) is 11.3. The molecule has 3 aromatic carbocycles. The molecule has 0 saturated carbocycles. The summed E-state index contributed by atoms with van der Waals surface area (Å²) >= 11 is 0. The van der Waals surface area contributed by atoms with Crippen LogP contribution >= 0.6 is 0 Å². The van der Waals surface area contributed by atoms with E-state index in [0.29, 0.717) is 13.0 Å². The number of methoxy groups -OCH3 is 1. The third-order valence-corrected chi connectivity index (χ3v) is 3.88. The molecule has 0 aliphatic heterocycles. The van der Waals surface area contributed by atoms with Crippen molar-refractivity contribution >= 4 is 10.8 Å². The molecule has 0 amide bonds. The van der Waals surface area contributed by atoms with Crippen molar-refractivity contribution in [3.63, 3.8) is 0 Å². The van der Waals surface area contributed by atoms with E-state index in [1.54, 1.807) is 7.11 Å². The molecule has 0 spiro atoms. The molecule has 23 heavy (non-hydrogen) atoms. The Labute approximate surface area is 136 Å². The van der Waals surface area contributed by atoms with Gasteiger partial charge in [-0.25, -0.2) is 0 Å². The number of benzene rings is 3. The summed E-state index contributed by atoms with van der Waals surface area (Å²) in [6.45, 7) is 0.451. The maximum atomic E-state index is 10.3. The summed E-state index contributed by atoms with van der Waals surface area (Å²) in [5.41, 5.74) is 0.839. The molecule has 0 saturated heterocycles. The summed E-state index contributed by atoms with van der Waals surface area (Å²) in [6.07, 6.45) is -0.0452. The molecule has 0 heterocycles. The van der Waals surface area contributed by atoms with E-state index in [9.17, 15) is 5.11 Å². The zero-order chi connectivity index (χ0) is 16.1. The lowest BCUT2D eigenvalue weighted by Crippen LogP contribution is -2.05. The maximum absolute atomic E-state index is 10.3. The second-order valence-electron chi connectivity index (χ2n) is 5.41. The number of ether oxygens (including phenoxy) is 2. The number of fused-ring (bicyclic) bond motifs is 1. The SMILES string of the molecule is COc1cccc(C(O)CCOc2cccc3ccccc23)c1. The van der Waals surface area contributed by atoms with E-state index in [1.807, 2.05) is 54.6 Å². The van der Waals surface area contributed by atoms with Crippen LogP contribution in [0.3, 0.4) is 0 Å². The van der Waals surface area contributed by atoms with Crippen LogP contribution in [0.1, 0.15) is 18.1 Å². The van der Waals surface area contributed by atoms with E-state index >= 15 is 0 Å². The number of aliphatic hydroxyl groups excluding tert-OH is 1. The van der Waals surface area contributed by atoms with Gasteiger partial charge in [0.25, 0.3) is 0 Å². The molecule has 1 N–H and O–H groups in total. The molecule has 3 rings (SSSR count). The molecule has 0 radical (unpaired) electrons. The largest absolute Gasteiger partial charge is 0.497 e. The summed E-state index contributed by atoms with van der Waals surface area (Å²) in [7, 11) is 1.62. The number of hydrogen-bond acceptors (Lipinski definition) is 3. The van der Waals surface area contributed by atoms with Crippen LogP contribution in [-0.2, 0) is 0 Å². The summed E-state index contributed by atoms with van der Waals surface area (Å²) in [6, 6.07) is 21.6. The Balaban J connectivity index is 1.64. The van der Waals surface area contributed by atoms with Crippen LogP contribution in [0.25, 0.3) is 10.8 Å². The highest BCUT2D eigenvalue weighted by molar-refractivity contribution is 5.88. The molecule has 118 valence electrons. The van der Waals surface area contributed by atoms with Gasteiger partial charge in [0.15, 0.2) is 0 Å². The zero-order valence-electron chi connectivity index (χ0n) is 13.1. The van der Waals surface area contributed by atoms with Crippen LogP contribution in [0.2, 0.25) is 0 Å². The fourth-order valence-electron chi connectivity index (χ4n) is 2.62. The number of rotatable bonds is 6. The minimum absolute atomic E-state index is 0.451. The van der Waals surface area contributed by atoms with E-state index < -0.39 is 6.10 Å². The standard InChI is InChI=1S/C20H20O3/c1-22-17-9-4-8-16(14-17)19(21)12-13-23-20-11-5-7-15-6-2-3-10-18(15)20/h2-11,14,19,21H,12-13H2,1H3. The lowest BCUT2D eigenvalue weighted by atomic mass is 10.1. The smallest absolute Gasteiger partial charge is 0.127 e. The van der Waals surface area contributed by atoms with Crippen molar-refractivity contribution in [2.24, 2.45) is 0 Å². The molecule has 3 nitrogen and oxygen atoms in total. The minimum Gasteiger partial charge on any atom is -0.497 e. The molecule has 0 bridgehead atoms. The van der Waals surface area contributed by atoms with Crippen molar-refractivity contribution in [2.75, 3.05) is 13.7 Å². The van der Waals surface area contributed by atoms with E-state index in [4.69, 9.17) is 9.47 Å². The van der Waals surface area contributed by atoms with E-state index in [1.165, 1.54) is 0 Å². The van der Waals surface area contributed by atoms with Gasteiger partial charge in [0.2, 0.25) is 0 Å². The van der Waals surface area contributed by atoms with E-state index in [0.717, 1.165) is 27.8 Å². The Bertz CT molecular complexity index is 777. The fraction of sp³-hybridized carbons (Fsp3) is 0.200. The van der Waals surface area contributed by atoms with Gasteiger partial charge >= 0.3 is 0 Å². The van der Waals surface area contributed by atoms with Gasteiger partial charge in [-0.3, -0.25) is 0 Å². The predicted octanol–water partition coefficient (Wildman–Crippen LogP) is 4.35. The van der Waals surface area contributed by atoms with Gasteiger partial charge in [0, 0.05) is 11.8 Å². The van der Waals surface area contributed by atoms with Crippen molar-refractivity contribution < 1.29 is 14.6 Å². The normalized spacial score (nSPS) is 12.1. The van der Waals surface area contributed by atoms with Crippen LogP contribution in [0.15, 0.2) is 66.7 Å². The molecule has 3 heteroatoms. The summed E-state index contributed by atoms with van der Waals surface area (Å²) < 4.78 is 11.1. The van der Waals surface area contributed by atoms with E-state index in [2.05, 4.69) is 12.1 Å². The second kappa shape index (κ2) is 7.16. The Morgan fingerprint density at radius 3 is 2.61 bits per heavy atom. The molecule has 3 aromatic rings.